The summed E-state index contributed by atoms with van der Waals surface area (Å²) in [5, 5.41) is 4.10. The van der Waals surface area contributed by atoms with Crippen molar-refractivity contribution in [3.63, 3.8) is 0 Å². The molecule has 2 aromatic carbocycles. The largest absolute Gasteiger partial charge is 0.324 e. The molecule has 8 heteroatoms. The van der Waals surface area contributed by atoms with Crippen molar-refractivity contribution in [2.45, 2.75) is 32.6 Å². The molecule has 0 unspecified atom stereocenters. The highest BCUT2D eigenvalue weighted by Crippen LogP contribution is 2.30. The second-order valence-corrected chi connectivity index (χ2v) is 10.7. The zero-order valence-corrected chi connectivity index (χ0v) is 23.3. The van der Waals surface area contributed by atoms with E-state index in [0.717, 1.165) is 52.2 Å². The zero-order valence-electron chi connectivity index (χ0n) is 23.3. The summed E-state index contributed by atoms with van der Waals surface area (Å²) in [6.45, 7) is 6.24. The number of anilines is 2. The zero-order chi connectivity index (χ0) is 27.8. The lowest BCUT2D eigenvalue weighted by Crippen LogP contribution is -2.29. The molecule has 202 valence electrons. The fourth-order valence-electron chi connectivity index (χ4n) is 5.61. The maximum absolute atomic E-state index is 13.5. The summed E-state index contributed by atoms with van der Waals surface area (Å²) >= 11 is 0. The molecule has 1 fully saturated rings. The van der Waals surface area contributed by atoms with Crippen LogP contribution in [0.25, 0.3) is 33.4 Å². The topological polar surface area (TPSA) is 88.8 Å². The molecule has 1 aliphatic heterocycles. The van der Waals surface area contributed by atoms with Crippen LogP contribution in [0.5, 0.6) is 0 Å². The van der Waals surface area contributed by atoms with Gasteiger partial charge >= 0.3 is 0 Å². The van der Waals surface area contributed by atoms with E-state index < -0.39 is 0 Å². The van der Waals surface area contributed by atoms with Gasteiger partial charge in [-0.1, -0.05) is 24.3 Å². The Kier molecular flexibility index (Phi) is 6.86. The first kappa shape index (κ1) is 25.8. The average Bonchev–Trinajstić information content (AvgIpc) is 2.96. The lowest BCUT2D eigenvalue weighted by Gasteiger charge is -2.29. The number of nitrogens with one attached hydrogen (secondary N) is 1. The third kappa shape index (κ3) is 4.98. The minimum atomic E-state index is -0.105. The molecule has 5 aromatic rings. The molecule has 0 spiro atoms. The number of hydrogen-bond donors (Lipinski definition) is 1. The highest BCUT2D eigenvalue weighted by Gasteiger charge is 2.18. The first-order valence-corrected chi connectivity index (χ1v) is 13.7. The average molecular weight is 532 g/mol. The van der Waals surface area contributed by atoms with Gasteiger partial charge in [0.2, 0.25) is 5.95 Å². The molecule has 1 N–H and O–H groups in total. The van der Waals surface area contributed by atoms with Gasteiger partial charge in [-0.2, -0.15) is 4.98 Å². The van der Waals surface area contributed by atoms with E-state index in [2.05, 4.69) is 62.5 Å². The van der Waals surface area contributed by atoms with Gasteiger partial charge in [0.05, 0.1) is 11.4 Å². The van der Waals surface area contributed by atoms with Gasteiger partial charge < -0.3 is 10.2 Å². The highest BCUT2D eigenvalue weighted by atomic mass is 16.1. The van der Waals surface area contributed by atoms with E-state index >= 15 is 0 Å². The lowest BCUT2D eigenvalue weighted by atomic mass is 9.89. The number of benzene rings is 2. The van der Waals surface area contributed by atoms with Crippen molar-refractivity contribution in [2.24, 2.45) is 7.05 Å². The number of pyridine rings is 1. The molecule has 0 bridgehead atoms. The Bertz CT molecular complexity index is 1750. The molecule has 6 rings (SSSR count). The molecule has 40 heavy (non-hydrogen) atoms. The fourth-order valence-corrected chi connectivity index (χ4v) is 5.61. The number of piperidine rings is 1. The van der Waals surface area contributed by atoms with E-state index in [1.165, 1.54) is 18.4 Å². The standard InChI is InChI=1S/C32H33N7O/c1-20-17-24(29-21(2)33-13-14-34-29)7-10-27(20)28-18-25-19-35-32(37-30(25)39(4)31(28)40)36-26-8-5-22(6-9-26)23-11-15-38(3)16-12-23/h5-10,13-14,17-19,23H,11-12,15-16H2,1-4H3,(H,35,36,37). The van der Waals surface area contributed by atoms with Crippen molar-refractivity contribution < 1.29 is 0 Å². The predicted octanol–water partition coefficient (Wildman–Crippen LogP) is 5.62. The molecule has 0 atom stereocenters. The van der Waals surface area contributed by atoms with Gasteiger partial charge in [0.1, 0.15) is 5.65 Å². The van der Waals surface area contributed by atoms with Crippen LogP contribution in [0.2, 0.25) is 0 Å². The molecule has 8 nitrogen and oxygen atoms in total. The minimum Gasteiger partial charge on any atom is -0.324 e. The first-order chi connectivity index (χ1) is 19.4. The van der Waals surface area contributed by atoms with E-state index in [-0.39, 0.29) is 5.56 Å². The molecule has 3 aromatic heterocycles. The number of nitrogens with zero attached hydrogens (tertiary/aromatic N) is 6. The molecule has 0 saturated carbocycles. The Balaban J connectivity index is 1.26. The summed E-state index contributed by atoms with van der Waals surface area (Å²) in [5.74, 6) is 1.07. The molecule has 1 saturated heterocycles. The maximum Gasteiger partial charge on any atom is 0.259 e. The molecule has 1 aliphatic rings. The summed E-state index contributed by atoms with van der Waals surface area (Å²) in [6.07, 6.45) is 7.54. The van der Waals surface area contributed by atoms with Crippen LogP contribution in [0, 0.1) is 13.8 Å². The lowest BCUT2D eigenvalue weighted by molar-refractivity contribution is 0.255. The monoisotopic (exact) mass is 531 g/mol. The van der Waals surface area contributed by atoms with E-state index in [0.29, 0.717) is 23.1 Å². The number of likely N-dealkylation sites (tertiary alicyclic amines) is 1. The van der Waals surface area contributed by atoms with Gasteiger partial charge in [-0.05, 0) is 93.7 Å². The number of fused-ring (bicyclic) bond motifs is 1. The summed E-state index contributed by atoms with van der Waals surface area (Å²) in [5.41, 5.74) is 7.94. The Morgan fingerprint density at radius 3 is 2.35 bits per heavy atom. The fraction of sp³-hybridized carbons (Fsp3) is 0.281. The number of rotatable bonds is 5. The third-order valence-electron chi connectivity index (χ3n) is 7.98. The van der Waals surface area contributed by atoms with Gasteiger partial charge in [0.25, 0.3) is 5.56 Å². The summed E-state index contributed by atoms with van der Waals surface area (Å²) in [4.78, 5) is 33.9. The van der Waals surface area contributed by atoms with Crippen molar-refractivity contribution in [3.05, 3.63) is 94.3 Å². The first-order valence-electron chi connectivity index (χ1n) is 13.7. The van der Waals surface area contributed by atoms with Crippen LogP contribution in [-0.2, 0) is 7.05 Å². The summed E-state index contributed by atoms with van der Waals surface area (Å²) in [6, 6.07) is 16.5. The van der Waals surface area contributed by atoms with Gasteiger partial charge in [-0.3, -0.25) is 19.3 Å². The highest BCUT2D eigenvalue weighted by molar-refractivity contribution is 5.83. The molecule has 0 radical (unpaired) electrons. The van der Waals surface area contributed by atoms with Crippen LogP contribution in [0.1, 0.15) is 35.6 Å². The van der Waals surface area contributed by atoms with Crippen molar-refractivity contribution in [2.75, 3.05) is 25.5 Å². The number of hydrogen-bond acceptors (Lipinski definition) is 7. The van der Waals surface area contributed by atoms with Crippen LogP contribution >= 0.6 is 0 Å². The quantitative estimate of drug-likeness (QED) is 0.315. The number of aromatic nitrogens is 5. The van der Waals surface area contributed by atoms with Crippen molar-refractivity contribution in [3.8, 4) is 22.4 Å². The van der Waals surface area contributed by atoms with Crippen molar-refractivity contribution in [1.82, 2.24) is 29.4 Å². The van der Waals surface area contributed by atoms with Crippen LogP contribution in [0.4, 0.5) is 11.6 Å². The van der Waals surface area contributed by atoms with Gasteiger partial charge in [-0.15, -0.1) is 0 Å². The summed E-state index contributed by atoms with van der Waals surface area (Å²) in [7, 11) is 3.94. The second kappa shape index (κ2) is 10.6. The molecular weight excluding hydrogens is 498 g/mol. The van der Waals surface area contributed by atoms with Crippen LogP contribution in [0.3, 0.4) is 0 Å². The Morgan fingerprint density at radius 1 is 0.875 bits per heavy atom. The molecule has 0 amide bonds. The van der Waals surface area contributed by atoms with Crippen LogP contribution < -0.4 is 10.9 Å². The van der Waals surface area contributed by atoms with Crippen molar-refractivity contribution >= 4 is 22.7 Å². The van der Waals surface area contributed by atoms with Crippen LogP contribution in [0.15, 0.2) is 71.9 Å². The van der Waals surface area contributed by atoms with E-state index in [1.807, 2.05) is 32.0 Å². The SMILES string of the molecule is Cc1cc(-c2nccnc2C)ccc1-c1cc2cnc(Nc3ccc(C4CCN(C)CC4)cc3)nc2n(C)c1=O. The normalized spacial score (nSPS) is 14.5. The van der Waals surface area contributed by atoms with E-state index in [4.69, 9.17) is 4.98 Å². The Labute approximate surface area is 233 Å². The summed E-state index contributed by atoms with van der Waals surface area (Å²) < 4.78 is 1.60. The predicted molar refractivity (Wildman–Crippen MR) is 160 cm³/mol. The van der Waals surface area contributed by atoms with Gasteiger partial charge in [0.15, 0.2) is 0 Å². The maximum atomic E-state index is 13.5. The Hall–Kier alpha value is -4.43. The minimum absolute atomic E-state index is 0.105. The van der Waals surface area contributed by atoms with Crippen LogP contribution in [-0.4, -0.2) is 49.5 Å². The molecule has 4 heterocycles. The third-order valence-corrected chi connectivity index (χ3v) is 7.98. The smallest absolute Gasteiger partial charge is 0.259 e. The van der Waals surface area contributed by atoms with E-state index in [1.54, 1.807) is 30.2 Å². The van der Waals surface area contributed by atoms with Gasteiger partial charge in [0, 0.05) is 47.8 Å². The molecular formula is C32H33N7O. The Morgan fingerprint density at radius 2 is 1.62 bits per heavy atom. The molecule has 0 aliphatic carbocycles. The van der Waals surface area contributed by atoms with Gasteiger partial charge in [-0.25, -0.2) is 4.98 Å². The number of aryl methyl sites for hydroxylation is 3. The van der Waals surface area contributed by atoms with E-state index in [9.17, 15) is 4.79 Å². The van der Waals surface area contributed by atoms with Crippen molar-refractivity contribution in [1.29, 1.82) is 0 Å². The second-order valence-electron chi connectivity index (χ2n) is 10.7.